The van der Waals surface area contributed by atoms with Crippen molar-refractivity contribution in [2.24, 2.45) is 5.41 Å². The molecule has 0 radical (unpaired) electrons. The predicted octanol–water partition coefficient (Wildman–Crippen LogP) is 1.61. The average molecular weight is 224 g/mol. The highest BCUT2D eigenvalue weighted by Gasteiger charge is 2.37. The summed E-state index contributed by atoms with van der Waals surface area (Å²) in [5, 5.41) is 12.1. The molecule has 4 heteroatoms. The highest BCUT2D eigenvalue weighted by molar-refractivity contribution is 5.85. The largest absolute Gasteiger partial charge is 0.376 e. The lowest BCUT2D eigenvalue weighted by Gasteiger charge is -2.25. The second kappa shape index (κ2) is 5.31. The van der Waals surface area contributed by atoms with Crippen LogP contribution >= 0.6 is 0 Å². The summed E-state index contributed by atoms with van der Waals surface area (Å²) in [6.07, 6.45) is 1.98. The van der Waals surface area contributed by atoms with E-state index in [1.165, 1.54) is 0 Å². The van der Waals surface area contributed by atoms with E-state index in [4.69, 9.17) is 10.00 Å². The first-order chi connectivity index (χ1) is 7.59. The molecule has 1 heterocycles. The molecular formula is C12H20N2O2. The summed E-state index contributed by atoms with van der Waals surface area (Å²) in [5.74, 6) is -0.151. The number of hydrogen-bond donors (Lipinski definition) is 1. The molecule has 1 fully saturated rings. The lowest BCUT2D eigenvalue weighted by atomic mass is 9.82. The summed E-state index contributed by atoms with van der Waals surface area (Å²) in [7, 11) is 0. The van der Waals surface area contributed by atoms with Crippen LogP contribution in [0.2, 0.25) is 0 Å². The van der Waals surface area contributed by atoms with E-state index in [2.05, 4.69) is 11.4 Å². The van der Waals surface area contributed by atoms with Gasteiger partial charge in [0.1, 0.15) is 5.41 Å². The van der Waals surface area contributed by atoms with Crippen LogP contribution in [-0.2, 0) is 9.53 Å². The number of hydrogen-bond acceptors (Lipinski definition) is 3. The van der Waals surface area contributed by atoms with E-state index in [9.17, 15) is 4.79 Å². The number of nitrogens with zero attached hydrogens (tertiary/aromatic N) is 1. The molecule has 1 saturated heterocycles. The van der Waals surface area contributed by atoms with Crippen molar-refractivity contribution in [3.8, 4) is 6.07 Å². The minimum Gasteiger partial charge on any atom is -0.376 e. The Morgan fingerprint density at radius 1 is 1.56 bits per heavy atom. The molecular weight excluding hydrogens is 204 g/mol. The van der Waals surface area contributed by atoms with Crippen molar-refractivity contribution in [1.82, 2.24) is 5.32 Å². The smallest absolute Gasteiger partial charge is 0.240 e. The van der Waals surface area contributed by atoms with Gasteiger partial charge in [-0.3, -0.25) is 4.79 Å². The Hall–Kier alpha value is -1.08. The van der Waals surface area contributed by atoms with Crippen molar-refractivity contribution in [1.29, 1.82) is 5.26 Å². The average Bonchev–Trinajstić information content (AvgIpc) is 2.68. The normalized spacial score (nSPS) is 25.1. The molecule has 1 aliphatic heterocycles. The topological polar surface area (TPSA) is 62.1 Å². The Bertz CT molecular complexity index is 292. The van der Waals surface area contributed by atoms with E-state index in [1.807, 2.05) is 20.8 Å². The molecule has 0 spiro atoms. The van der Waals surface area contributed by atoms with Gasteiger partial charge in [0.05, 0.1) is 18.2 Å². The zero-order valence-electron chi connectivity index (χ0n) is 10.2. The molecule has 1 aliphatic rings. The molecule has 2 atom stereocenters. The first kappa shape index (κ1) is 13.0. The number of carbonyl (C=O) groups excluding carboxylic acids is 1. The second-order valence-corrected chi connectivity index (χ2v) is 4.35. The maximum atomic E-state index is 12.1. The van der Waals surface area contributed by atoms with E-state index in [0.29, 0.717) is 19.4 Å². The number of nitrogens with one attached hydrogen (secondary N) is 1. The molecule has 0 aromatic rings. The molecule has 0 aromatic carbocycles. The fraction of sp³-hybridized carbons (Fsp3) is 0.833. The van der Waals surface area contributed by atoms with Crippen molar-refractivity contribution >= 4 is 5.91 Å². The standard InChI is InChI=1S/C12H20N2O2/c1-4-12(5-2,8-13)11(15)14-10-6-7-16-9(10)3/h9-10H,4-7H2,1-3H3,(H,14,15). The van der Waals surface area contributed by atoms with Crippen molar-refractivity contribution in [3.63, 3.8) is 0 Å². The van der Waals surface area contributed by atoms with Gasteiger partial charge in [-0.05, 0) is 26.2 Å². The van der Waals surface area contributed by atoms with Gasteiger partial charge in [-0.2, -0.15) is 5.26 Å². The van der Waals surface area contributed by atoms with Gasteiger partial charge in [-0.15, -0.1) is 0 Å². The quantitative estimate of drug-likeness (QED) is 0.789. The number of nitriles is 1. The van der Waals surface area contributed by atoms with E-state index in [-0.39, 0.29) is 18.1 Å². The van der Waals surface area contributed by atoms with Crippen LogP contribution in [0.4, 0.5) is 0 Å². The maximum Gasteiger partial charge on any atom is 0.240 e. The maximum absolute atomic E-state index is 12.1. The van der Waals surface area contributed by atoms with Gasteiger partial charge >= 0.3 is 0 Å². The minimum atomic E-state index is -0.873. The number of ether oxygens (including phenoxy) is 1. The van der Waals surface area contributed by atoms with Gasteiger partial charge in [0.25, 0.3) is 0 Å². The van der Waals surface area contributed by atoms with E-state index in [0.717, 1.165) is 6.42 Å². The van der Waals surface area contributed by atoms with Crippen molar-refractivity contribution in [2.45, 2.75) is 52.2 Å². The number of carbonyl (C=O) groups is 1. The molecule has 4 nitrogen and oxygen atoms in total. The molecule has 90 valence electrons. The highest BCUT2D eigenvalue weighted by atomic mass is 16.5. The molecule has 0 aliphatic carbocycles. The van der Waals surface area contributed by atoms with Crippen molar-refractivity contribution in [2.75, 3.05) is 6.61 Å². The van der Waals surface area contributed by atoms with Gasteiger partial charge < -0.3 is 10.1 Å². The second-order valence-electron chi connectivity index (χ2n) is 4.35. The summed E-state index contributed by atoms with van der Waals surface area (Å²) in [6, 6.07) is 2.20. The van der Waals surface area contributed by atoms with Crippen LogP contribution in [0.1, 0.15) is 40.0 Å². The predicted molar refractivity (Wildman–Crippen MR) is 60.6 cm³/mol. The Balaban J connectivity index is 2.66. The van der Waals surface area contributed by atoms with Crippen molar-refractivity contribution in [3.05, 3.63) is 0 Å². The summed E-state index contributed by atoms with van der Waals surface area (Å²) in [4.78, 5) is 12.1. The third-order valence-corrected chi connectivity index (χ3v) is 3.55. The Labute approximate surface area is 97.0 Å². The van der Waals surface area contributed by atoms with Crippen LogP contribution in [0.15, 0.2) is 0 Å². The van der Waals surface area contributed by atoms with Crippen LogP contribution in [0.3, 0.4) is 0 Å². The van der Waals surface area contributed by atoms with E-state index in [1.54, 1.807) is 0 Å². The van der Waals surface area contributed by atoms with Crippen molar-refractivity contribution < 1.29 is 9.53 Å². The highest BCUT2D eigenvalue weighted by Crippen LogP contribution is 2.26. The van der Waals surface area contributed by atoms with Gasteiger partial charge in [-0.1, -0.05) is 13.8 Å². The van der Waals surface area contributed by atoms with Gasteiger partial charge in [0.15, 0.2) is 0 Å². The first-order valence-electron chi connectivity index (χ1n) is 5.93. The number of rotatable bonds is 4. The van der Waals surface area contributed by atoms with Gasteiger partial charge in [0.2, 0.25) is 5.91 Å². The van der Waals surface area contributed by atoms with Crippen LogP contribution < -0.4 is 5.32 Å². The Morgan fingerprint density at radius 3 is 2.56 bits per heavy atom. The lowest BCUT2D eigenvalue weighted by molar-refractivity contribution is -0.129. The minimum absolute atomic E-state index is 0.0501. The number of amides is 1. The molecule has 1 rings (SSSR count). The van der Waals surface area contributed by atoms with Gasteiger partial charge in [-0.25, -0.2) is 0 Å². The zero-order valence-corrected chi connectivity index (χ0v) is 10.2. The fourth-order valence-electron chi connectivity index (χ4n) is 2.01. The summed E-state index contributed by atoms with van der Waals surface area (Å²) < 4.78 is 5.38. The lowest BCUT2D eigenvalue weighted by Crippen LogP contribution is -2.46. The third kappa shape index (κ3) is 2.35. The Kier molecular flexibility index (Phi) is 4.31. The monoisotopic (exact) mass is 224 g/mol. The third-order valence-electron chi connectivity index (χ3n) is 3.55. The molecule has 0 aromatic heterocycles. The summed E-state index contributed by atoms with van der Waals surface area (Å²) in [5.41, 5.74) is -0.873. The molecule has 0 bridgehead atoms. The fourth-order valence-corrected chi connectivity index (χ4v) is 2.01. The molecule has 1 N–H and O–H groups in total. The molecule has 2 unspecified atom stereocenters. The van der Waals surface area contributed by atoms with Crippen LogP contribution in [-0.4, -0.2) is 24.7 Å². The van der Waals surface area contributed by atoms with Gasteiger partial charge in [0, 0.05) is 6.61 Å². The Morgan fingerprint density at radius 2 is 2.19 bits per heavy atom. The van der Waals surface area contributed by atoms with Crippen LogP contribution in [0, 0.1) is 16.7 Å². The molecule has 16 heavy (non-hydrogen) atoms. The van der Waals surface area contributed by atoms with E-state index >= 15 is 0 Å². The molecule has 0 saturated carbocycles. The van der Waals surface area contributed by atoms with E-state index < -0.39 is 5.41 Å². The van der Waals surface area contributed by atoms with Crippen LogP contribution in [0.25, 0.3) is 0 Å². The summed E-state index contributed by atoms with van der Waals surface area (Å²) >= 11 is 0. The summed E-state index contributed by atoms with van der Waals surface area (Å²) in [6.45, 7) is 6.38. The first-order valence-corrected chi connectivity index (χ1v) is 5.93. The van der Waals surface area contributed by atoms with Crippen LogP contribution in [0.5, 0.6) is 0 Å². The zero-order chi connectivity index (χ0) is 12.2. The SMILES string of the molecule is CCC(C#N)(CC)C(=O)NC1CCOC1C. The molecule has 1 amide bonds.